The van der Waals surface area contributed by atoms with Gasteiger partial charge in [0.2, 0.25) is 0 Å². The third-order valence-electron chi connectivity index (χ3n) is 5.82. The van der Waals surface area contributed by atoms with Gasteiger partial charge in [-0.1, -0.05) is 60.2 Å². The summed E-state index contributed by atoms with van der Waals surface area (Å²) in [7, 11) is 1.57. The maximum Gasteiger partial charge on any atom is 0.268 e. The van der Waals surface area contributed by atoms with Crippen molar-refractivity contribution in [2.24, 2.45) is 0 Å². The standard InChI is InChI=1S/C30H28N2O3S/c1-20-11-16-26(21(2)18-20)28(22-8-5-4-6-9-22)32-30(34)27(19-25-10-7-17-36-25)31-29(33)23-12-14-24(35-3)15-13-23/h4-19,28H,1-3H3,(H,31,33)(H,32,34)/b27-19-/t28-/m1/s1. The fraction of sp³-hybridized carbons (Fsp3) is 0.133. The molecule has 2 amide bonds. The van der Waals surface area contributed by atoms with E-state index in [0.29, 0.717) is 11.3 Å². The number of nitrogens with one attached hydrogen (secondary N) is 2. The molecular formula is C30H28N2O3S. The van der Waals surface area contributed by atoms with Gasteiger partial charge < -0.3 is 15.4 Å². The SMILES string of the molecule is COc1ccc(C(=O)N/C(=C\c2cccs2)C(=O)N[C@H](c2ccccc2)c2ccc(C)cc2C)cc1. The molecule has 1 aromatic heterocycles. The normalized spacial score (nSPS) is 12.0. The first-order valence-corrected chi connectivity index (χ1v) is 12.5. The average molecular weight is 497 g/mol. The maximum atomic E-state index is 13.7. The molecule has 0 bridgehead atoms. The number of rotatable bonds is 8. The highest BCUT2D eigenvalue weighted by Gasteiger charge is 2.22. The highest BCUT2D eigenvalue weighted by Crippen LogP contribution is 2.26. The molecule has 3 aromatic carbocycles. The number of methoxy groups -OCH3 is 1. The summed E-state index contributed by atoms with van der Waals surface area (Å²) in [4.78, 5) is 27.6. The van der Waals surface area contributed by atoms with Crippen LogP contribution in [0.5, 0.6) is 5.75 Å². The largest absolute Gasteiger partial charge is 0.497 e. The van der Waals surface area contributed by atoms with Gasteiger partial charge in [0.1, 0.15) is 11.4 Å². The molecule has 0 radical (unpaired) electrons. The lowest BCUT2D eigenvalue weighted by Crippen LogP contribution is -2.37. The summed E-state index contributed by atoms with van der Waals surface area (Å²) in [5, 5.41) is 7.90. The number of carbonyl (C=O) groups is 2. The van der Waals surface area contributed by atoms with Crippen LogP contribution in [0, 0.1) is 13.8 Å². The van der Waals surface area contributed by atoms with E-state index in [1.165, 1.54) is 11.3 Å². The lowest BCUT2D eigenvalue weighted by Gasteiger charge is -2.23. The third-order valence-corrected chi connectivity index (χ3v) is 6.64. The molecule has 6 heteroatoms. The van der Waals surface area contributed by atoms with Gasteiger partial charge in [0.05, 0.1) is 13.2 Å². The number of benzene rings is 3. The number of carbonyl (C=O) groups excluding carboxylic acids is 2. The smallest absolute Gasteiger partial charge is 0.268 e. The molecule has 0 unspecified atom stereocenters. The molecule has 1 atom stereocenters. The maximum absolute atomic E-state index is 13.7. The fourth-order valence-electron chi connectivity index (χ4n) is 3.96. The molecule has 5 nitrogen and oxygen atoms in total. The van der Waals surface area contributed by atoms with Gasteiger partial charge in [-0.3, -0.25) is 9.59 Å². The van der Waals surface area contributed by atoms with Crippen LogP contribution < -0.4 is 15.4 Å². The first kappa shape index (κ1) is 24.9. The molecule has 2 N–H and O–H groups in total. The Morgan fingerprint density at radius 1 is 0.917 bits per heavy atom. The van der Waals surface area contributed by atoms with E-state index in [1.807, 2.05) is 73.8 Å². The van der Waals surface area contributed by atoms with Crippen molar-refractivity contribution in [3.63, 3.8) is 0 Å². The van der Waals surface area contributed by atoms with Gasteiger partial charge in [-0.2, -0.15) is 0 Å². The van der Waals surface area contributed by atoms with Crippen LogP contribution in [0.15, 0.2) is 96.0 Å². The van der Waals surface area contributed by atoms with E-state index in [2.05, 4.69) is 16.7 Å². The molecule has 0 aliphatic rings. The van der Waals surface area contributed by atoms with Crippen molar-refractivity contribution in [1.82, 2.24) is 10.6 Å². The predicted octanol–water partition coefficient (Wildman–Crippen LogP) is 6.05. The quantitative estimate of drug-likeness (QED) is 0.292. The number of hydrogen-bond acceptors (Lipinski definition) is 4. The second-order valence-corrected chi connectivity index (χ2v) is 9.41. The van der Waals surface area contributed by atoms with Gasteiger partial charge >= 0.3 is 0 Å². The number of aryl methyl sites for hydroxylation is 2. The Morgan fingerprint density at radius 2 is 1.67 bits per heavy atom. The second kappa shape index (κ2) is 11.5. The van der Waals surface area contributed by atoms with E-state index in [4.69, 9.17) is 4.74 Å². The van der Waals surface area contributed by atoms with Crippen molar-refractivity contribution in [1.29, 1.82) is 0 Å². The summed E-state index contributed by atoms with van der Waals surface area (Å²) in [6.45, 7) is 4.09. The first-order chi connectivity index (χ1) is 17.4. The number of amides is 2. The molecule has 0 saturated heterocycles. The highest BCUT2D eigenvalue weighted by atomic mass is 32.1. The van der Waals surface area contributed by atoms with E-state index in [1.54, 1.807) is 37.5 Å². The predicted molar refractivity (Wildman–Crippen MR) is 145 cm³/mol. The van der Waals surface area contributed by atoms with Crippen molar-refractivity contribution < 1.29 is 14.3 Å². The zero-order valence-corrected chi connectivity index (χ0v) is 21.3. The van der Waals surface area contributed by atoms with Gasteiger partial charge in [-0.05, 0) is 72.3 Å². The minimum Gasteiger partial charge on any atom is -0.497 e. The van der Waals surface area contributed by atoms with Gasteiger partial charge in [0, 0.05) is 10.4 Å². The summed E-state index contributed by atoms with van der Waals surface area (Å²) < 4.78 is 5.18. The number of ether oxygens (including phenoxy) is 1. The molecule has 0 spiro atoms. The summed E-state index contributed by atoms with van der Waals surface area (Å²) in [6.07, 6.45) is 1.70. The molecular weight excluding hydrogens is 468 g/mol. The Kier molecular flexibility index (Phi) is 7.98. The van der Waals surface area contributed by atoms with Crippen LogP contribution in [0.1, 0.15) is 43.5 Å². The molecule has 36 heavy (non-hydrogen) atoms. The van der Waals surface area contributed by atoms with E-state index in [-0.39, 0.29) is 23.6 Å². The zero-order chi connectivity index (χ0) is 25.5. The van der Waals surface area contributed by atoms with Crippen molar-refractivity contribution in [3.8, 4) is 5.75 Å². The van der Waals surface area contributed by atoms with Gasteiger partial charge in [-0.25, -0.2) is 0 Å². The Morgan fingerprint density at radius 3 is 2.31 bits per heavy atom. The number of thiophene rings is 1. The Bertz CT molecular complexity index is 1360. The van der Waals surface area contributed by atoms with Gasteiger partial charge in [0.25, 0.3) is 11.8 Å². The second-order valence-electron chi connectivity index (χ2n) is 8.43. The van der Waals surface area contributed by atoms with Gasteiger partial charge in [0.15, 0.2) is 0 Å². The van der Waals surface area contributed by atoms with Crippen LogP contribution in [0.2, 0.25) is 0 Å². The first-order valence-electron chi connectivity index (χ1n) is 11.6. The summed E-state index contributed by atoms with van der Waals surface area (Å²) in [5.41, 5.74) is 4.78. The number of hydrogen-bond donors (Lipinski definition) is 2. The summed E-state index contributed by atoms with van der Waals surface area (Å²) >= 11 is 1.49. The molecule has 0 saturated carbocycles. The monoisotopic (exact) mass is 496 g/mol. The summed E-state index contributed by atoms with van der Waals surface area (Å²) in [5.74, 6) is -0.102. The zero-order valence-electron chi connectivity index (χ0n) is 20.4. The Labute approximate surface area is 215 Å². The topological polar surface area (TPSA) is 67.4 Å². The van der Waals surface area contributed by atoms with Crippen LogP contribution in [0.3, 0.4) is 0 Å². The molecule has 0 aliphatic carbocycles. The van der Waals surface area contributed by atoms with Crippen LogP contribution in [-0.4, -0.2) is 18.9 Å². The molecule has 4 aromatic rings. The molecule has 182 valence electrons. The Hall–Kier alpha value is -4.16. The van der Waals surface area contributed by atoms with Gasteiger partial charge in [-0.15, -0.1) is 11.3 Å². The Balaban J connectivity index is 1.66. The molecule has 1 heterocycles. The van der Waals surface area contributed by atoms with Crippen LogP contribution in [0.4, 0.5) is 0 Å². The van der Waals surface area contributed by atoms with Crippen molar-refractivity contribution in [3.05, 3.63) is 129 Å². The average Bonchev–Trinajstić information content (AvgIpc) is 3.41. The van der Waals surface area contributed by atoms with E-state index >= 15 is 0 Å². The van der Waals surface area contributed by atoms with Crippen molar-refractivity contribution in [2.45, 2.75) is 19.9 Å². The van der Waals surface area contributed by atoms with Crippen LogP contribution in [0.25, 0.3) is 6.08 Å². The van der Waals surface area contributed by atoms with Crippen molar-refractivity contribution in [2.75, 3.05) is 7.11 Å². The van der Waals surface area contributed by atoms with Crippen LogP contribution in [-0.2, 0) is 4.79 Å². The summed E-state index contributed by atoms with van der Waals surface area (Å²) in [6, 6.07) is 26.2. The molecule has 0 fully saturated rings. The van der Waals surface area contributed by atoms with E-state index in [9.17, 15) is 9.59 Å². The fourth-order valence-corrected chi connectivity index (χ4v) is 4.61. The minimum atomic E-state index is -0.385. The van der Waals surface area contributed by atoms with Crippen LogP contribution >= 0.6 is 11.3 Å². The lowest BCUT2D eigenvalue weighted by atomic mass is 9.93. The third kappa shape index (κ3) is 6.09. The van der Waals surface area contributed by atoms with Crippen molar-refractivity contribution >= 4 is 29.2 Å². The van der Waals surface area contributed by atoms with E-state index in [0.717, 1.165) is 27.1 Å². The molecule has 4 rings (SSSR count). The minimum absolute atomic E-state index is 0.170. The molecule has 0 aliphatic heterocycles. The van der Waals surface area contributed by atoms with E-state index < -0.39 is 0 Å². The highest BCUT2D eigenvalue weighted by molar-refractivity contribution is 7.10. The lowest BCUT2D eigenvalue weighted by molar-refractivity contribution is -0.118.